The molecule has 1 fully saturated rings. The lowest BCUT2D eigenvalue weighted by atomic mass is 9.77. The topological polar surface area (TPSA) is 54.3 Å². The minimum absolute atomic E-state index is 0.0174. The van der Waals surface area contributed by atoms with Crippen molar-refractivity contribution in [2.75, 3.05) is 6.61 Å². The van der Waals surface area contributed by atoms with Gasteiger partial charge in [0.2, 0.25) is 0 Å². The van der Waals surface area contributed by atoms with E-state index in [1.165, 1.54) is 0 Å². The van der Waals surface area contributed by atoms with Gasteiger partial charge in [0, 0.05) is 24.1 Å². The van der Waals surface area contributed by atoms with Crippen molar-refractivity contribution in [2.24, 2.45) is 7.05 Å². The first kappa shape index (κ1) is 12.2. The van der Waals surface area contributed by atoms with Crippen molar-refractivity contribution in [3.63, 3.8) is 0 Å². The molecule has 0 saturated heterocycles. The van der Waals surface area contributed by atoms with Crippen LogP contribution in [0.1, 0.15) is 29.6 Å². The summed E-state index contributed by atoms with van der Waals surface area (Å²) in [6.07, 6.45) is 4.64. The van der Waals surface area contributed by atoms with Crippen molar-refractivity contribution < 1.29 is 9.90 Å². The molecule has 4 heteroatoms. The van der Waals surface area contributed by atoms with Gasteiger partial charge in [-0.25, -0.2) is 0 Å². The maximum absolute atomic E-state index is 12.4. The van der Waals surface area contributed by atoms with Crippen LogP contribution >= 0.6 is 0 Å². The van der Waals surface area contributed by atoms with Gasteiger partial charge in [0.1, 0.15) is 0 Å². The zero-order chi connectivity index (χ0) is 13.5. The van der Waals surface area contributed by atoms with Crippen molar-refractivity contribution in [2.45, 2.75) is 24.8 Å². The van der Waals surface area contributed by atoms with Gasteiger partial charge in [-0.2, -0.15) is 0 Å². The van der Waals surface area contributed by atoms with Crippen molar-refractivity contribution in [3.8, 4) is 0 Å². The number of nitrogens with one attached hydrogen (secondary N) is 1. The summed E-state index contributed by atoms with van der Waals surface area (Å²) in [4.78, 5) is 12.4. The SMILES string of the molecule is Cn1cc(C(=O)NC2(CO)CCC2)c2ccccc21. The van der Waals surface area contributed by atoms with Gasteiger partial charge in [0.15, 0.2) is 0 Å². The van der Waals surface area contributed by atoms with E-state index in [0.29, 0.717) is 5.56 Å². The van der Waals surface area contributed by atoms with Gasteiger partial charge >= 0.3 is 0 Å². The van der Waals surface area contributed by atoms with E-state index in [1.54, 1.807) is 0 Å². The summed E-state index contributed by atoms with van der Waals surface area (Å²) in [5, 5.41) is 13.4. The number of aromatic nitrogens is 1. The molecule has 100 valence electrons. The lowest BCUT2D eigenvalue weighted by Crippen LogP contribution is -2.56. The van der Waals surface area contributed by atoms with Crippen LogP contribution in [0.5, 0.6) is 0 Å². The van der Waals surface area contributed by atoms with E-state index in [0.717, 1.165) is 30.2 Å². The van der Waals surface area contributed by atoms with E-state index in [-0.39, 0.29) is 12.5 Å². The van der Waals surface area contributed by atoms with Crippen molar-refractivity contribution in [1.29, 1.82) is 0 Å². The second kappa shape index (κ2) is 4.38. The Kier molecular flexibility index (Phi) is 2.82. The molecule has 1 saturated carbocycles. The molecule has 0 radical (unpaired) electrons. The number of aryl methyl sites for hydroxylation is 1. The van der Waals surface area contributed by atoms with Crippen molar-refractivity contribution in [1.82, 2.24) is 9.88 Å². The number of para-hydroxylation sites is 1. The molecule has 1 amide bonds. The number of hydrogen-bond acceptors (Lipinski definition) is 2. The summed E-state index contributed by atoms with van der Waals surface area (Å²) in [5.74, 6) is -0.0921. The summed E-state index contributed by atoms with van der Waals surface area (Å²) in [6.45, 7) is 0.0174. The Morgan fingerprint density at radius 3 is 2.79 bits per heavy atom. The number of hydrogen-bond donors (Lipinski definition) is 2. The number of aliphatic hydroxyl groups excluding tert-OH is 1. The molecule has 4 nitrogen and oxygen atoms in total. The van der Waals surface area contributed by atoms with Gasteiger partial charge in [-0.05, 0) is 25.3 Å². The molecule has 0 aliphatic heterocycles. The van der Waals surface area contributed by atoms with Gasteiger partial charge < -0.3 is 15.0 Å². The summed E-state index contributed by atoms with van der Waals surface area (Å²) < 4.78 is 1.95. The van der Waals surface area contributed by atoms with Crippen molar-refractivity contribution >= 4 is 16.8 Å². The molecule has 1 aliphatic rings. The maximum Gasteiger partial charge on any atom is 0.253 e. The van der Waals surface area contributed by atoms with Crippen LogP contribution in [0.4, 0.5) is 0 Å². The molecule has 1 aliphatic carbocycles. The van der Waals surface area contributed by atoms with E-state index in [2.05, 4.69) is 5.32 Å². The average Bonchev–Trinajstić information content (AvgIpc) is 2.72. The number of fused-ring (bicyclic) bond motifs is 1. The van der Waals surface area contributed by atoms with Crippen molar-refractivity contribution in [3.05, 3.63) is 36.0 Å². The normalized spacial score (nSPS) is 17.2. The fraction of sp³-hybridized carbons (Fsp3) is 0.400. The Bertz CT molecular complexity index is 621. The number of nitrogens with zero attached hydrogens (tertiary/aromatic N) is 1. The quantitative estimate of drug-likeness (QED) is 0.882. The van der Waals surface area contributed by atoms with E-state index < -0.39 is 5.54 Å². The molecule has 0 spiro atoms. The number of carbonyl (C=O) groups is 1. The molecule has 0 atom stereocenters. The lowest BCUT2D eigenvalue weighted by Gasteiger charge is -2.40. The number of amides is 1. The molecule has 1 heterocycles. The molecular formula is C15H18N2O2. The standard InChI is InChI=1S/C15H18N2O2/c1-17-9-12(11-5-2-3-6-13(11)17)14(19)16-15(10-18)7-4-8-15/h2-3,5-6,9,18H,4,7-8,10H2,1H3,(H,16,19). The predicted molar refractivity (Wildman–Crippen MR) is 74.1 cm³/mol. The minimum Gasteiger partial charge on any atom is -0.394 e. The fourth-order valence-corrected chi connectivity index (χ4v) is 2.76. The predicted octanol–water partition coefficient (Wildman–Crippen LogP) is 1.82. The van der Waals surface area contributed by atoms with E-state index in [1.807, 2.05) is 42.1 Å². The zero-order valence-electron chi connectivity index (χ0n) is 11.0. The number of carbonyl (C=O) groups excluding carboxylic acids is 1. The van der Waals surface area contributed by atoms with Crippen LogP contribution in [0.25, 0.3) is 10.9 Å². The summed E-state index contributed by atoms with van der Waals surface area (Å²) in [6, 6.07) is 7.85. The Balaban J connectivity index is 1.94. The van der Waals surface area contributed by atoms with Crippen LogP contribution in [0.3, 0.4) is 0 Å². The highest BCUT2D eigenvalue weighted by atomic mass is 16.3. The van der Waals surface area contributed by atoms with Gasteiger partial charge in [-0.1, -0.05) is 18.2 Å². The third-order valence-corrected chi connectivity index (χ3v) is 4.13. The Hall–Kier alpha value is -1.81. The zero-order valence-corrected chi connectivity index (χ0v) is 11.0. The number of benzene rings is 1. The van der Waals surface area contributed by atoms with Gasteiger partial charge in [-0.15, -0.1) is 0 Å². The average molecular weight is 258 g/mol. The molecule has 1 aromatic heterocycles. The first-order valence-electron chi connectivity index (χ1n) is 6.63. The first-order chi connectivity index (χ1) is 9.15. The highest BCUT2D eigenvalue weighted by Crippen LogP contribution is 2.32. The number of aliphatic hydroxyl groups is 1. The molecule has 0 bridgehead atoms. The third-order valence-electron chi connectivity index (χ3n) is 4.13. The molecule has 0 unspecified atom stereocenters. The maximum atomic E-state index is 12.4. The van der Waals surface area contributed by atoms with Crippen LogP contribution in [0.15, 0.2) is 30.5 Å². The smallest absolute Gasteiger partial charge is 0.253 e. The Labute approximate surface area is 112 Å². The molecule has 2 N–H and O–H groups in total. The van der Waals surface area contributed by atoms with Crippen LogP contribution < -0.4 is 5.32 Å². The largest absolute Gasteiger partial charge is 0.394 e. The summed E-state index contributed by atoms with van der Waals surface area (Å²) >= 11 is 0. The first-order valence-corrected chi connectivity index (χ1v) is 6.63. The fourth-order valence-electron chi connectivity index (χ4n) is 2.76. The summed E-state index contributed by atoms with van der Waals surface area (Å²) in [5.41, 5.74) is 1.32. The van der Waals surface area contributed by atoms with Gasteiger partial charge in [0.25, 0.3) is 5.91 Å². The van der Waals surface area contributed by atoms with Crippen LogP contribution in [-0.2, 0) is 7.05 Å². The molecular weight excluding hydrogens is 240 g/mol. The van der Waals surface area contributed by atoms with Crippen LogP contribution in [-0.4, -0.2) is 27.7 Å². The second-order valence-corrected chi connectivity index (χ2v) is 5.42. The lowest BCUT2D eigenvalue weighted by molar-refractivity contribution is 0.0643. The van der Waals surface area contributed by atoms with Gasteiger partial charge in [0.05, 0.1) is 17.7 Å². The monoisotopic (exact) mass is 258 g/mol. The highest BCUT2D eigenvalue weighted by molar-refractivity contribution is 6.07. The third kappa shape index (κ3) is 1.92. The minimum atomic E-state index is -0.395. The Morgan fingerprint density at radius 1 is 1.42 bits per heavy atom. The van der Waals surface area contributed by atoms with E-state index in [4.69, 9.17) is 0 Å². The molecule has 2 aromatic rings. The van der Waals surface area contributed by atoms with Gasteiger partial charge in [-0.3, -0.25) is 4.79 Å². The Morgan fingerprint density at radius 2 is 2.16 bits per heavy atom. The molecule has 19 heavy (non-hydrogen) atoms. The van der Waals surface area contributed by atoms with Crippen LogP contribution in [0, 0.1) is 0 Å². The molecule has 1 aromatic carbocycles. The van der Waals surface area contributed by atoms with E-state index in [9.17, 15) is 9.90 Å². The highest BCUT2D eigenvalue weighted by Gasteiger charge is 2.38. The number of rotatable bonds is 3. The summed E-state index contributed by atoms with van der Waals surface area (Å²) in [7, 11) is 1.93. The van der Waals surface area contributed by atoms with E-state index >= 15 is 0 Å². The van der Waals surface area contributed by atoms with Crippen LogP contribution in [0.2, 0.25) is 0 Å². The second-order valence-electron chi connectivity index (χ2n) is 5.42. The molecule has 3 rings (SSSR count).